The van der Waals surface area contributed by atoms with E-state index in [-0.39, 0.29) is 9.87 Å². The standard InChI is InChI=1S/C19H13F8N7O3S/c20-11-2-1-3-33-13(14(18(22,23)24)31-16(11)33)17(35)29-8-10-6-12(21)15(28-7-10)34-5-4-32(9-30-34)38(36,37)19(25,26)27/h1-3,6-7,9H,4-5,8H2,(H,29,35). The summed E-state index contributed by atoms with van der Waals surface area (Å²) >= 11 is 0. The van der Waals surface area contributed by atoms with Crippen LogP contribution in [0.5, 0.6) is 0 Å². The van der Waals surface area contributed by atoms with E-state index in [0.717, 1.165) is 35.6 Å². The molecule has 0 bridgehead atoms. The third-order valence-electron chi connectivity index (χ3n) is 5.12. The van der Waals surface area contributed by atoms with Crippen molar-refractivity contribution in [1.82, 2.24) is 24.0 Å². The average Bonchev–Trinajstić information content (AvgIpc) is 3.24. The molecule has 0 atom stereocenters. The Morgan fingerprint density at radius 1 is 1.08 bits per heavy atom. The number of amides is 1. The number of sulfonamides is 1. The summed E-state index contributed by atoms with van der Waals surface area (Å²) in [5.74, 6) is -3.96. The highest BCUT2D eigenvalue weighted by Crippen LogP contribution is 2.32. The van der Waals surface area contributed by atoms with Gasteiger partial charge in [-0.15, -0.1) is 0 Å². The third kappa shape index (κ3) is 4.92. The lowest BCUT2D eigenvalue weighted by atomic mass is 10.2. The molecule has 4 heterocycles. The van der Waals surface area contributed by atoms with Crippen LogP contribution >= 0.6 is 0 Å². The number of hydrazone groups is 1. The molecule has 3 aromatic rings. The average molecular weight is 571 g/mol. The summed E-state index contributed by atoms with van der Waals surface area (Å²) in [5.41, 5.74) is -8.96. The number of carbonyl (C=O) groups is 1. The zero-order valence-corrected chi connectivity index (χ0v) is 19.2. The van der Waals surface area contributed by atoms with E-state index in [4.69, 9.17) is 0 Å². The van der Waals surface area contributed by atoms with Gasteiger partial charge in [0.1, 0.15) is 12.0 Å². The van der Waals surface area contributed by atoms with Crippen molar-refractivity contribution < 1.29 is 48.3 Å². The monoisotopic (exact) mass is 571 g/mol. The van der Waals surface area contributed by atoms with Crippen molar-refractivity contribution in [2.24, 2.45) is 5.10 Å². The van der Waals surface area contributed by atoms with Crippen molar-refractivity contribution in [3.8, 4) is 0 Å². The Morgan fingerprint density at radius 3 is 2.37 bits per heavy atom. The van der Waals surface area contributed by atoms with Crippen LogP contribution in [0.4, 0.5) is 40.9 Å². The number of nitrogens with zero attached hydrogens (tertiary/aromatic N) is 6. The minimum absolute atomic E-state index is 0.0320. The lowest BCUT2D eigenvalue weighted by molar-refractivity contribution is -0.141. The first-order chi connectivity index (χ1) is 17.6. The molecule has 204 valence electrons. The summed E-state index contributed by atoms with van der Waals surface area (Å²) < 4.78 is 130. The summed E-state index contributed by atoms with van der Waals surface area (Å²) in [4.78, 5) is 19.5. The Balaban J connectivity index is 1.50. The molecular formula is C19H13F8N7O3S. The molecule has 0 unspecified atom stereocenters. The van der Waals surface area contributed by atoms with Crippen LogP contribution in [-0.2, 0) is 22.7 Å². The van der Waals surface area contributed by atoms with E-state index in [1.54, 1.807) is 0 Å². The Hall–Kier alpha value is -4.03. The minimum atomic E-state index is -5.68. The van der Waals surface area contributed by atoms with Crippen LogP contribution in [0.15, 0.2) is 35.7 Å². The largest absolute Gasteiger partial charge is 0.516 e. The fourth-order valence-electron chi connectivity index (χ4n) is 3.38. The smallest absolute Gasteiger partial charge is 0.347 e. The molecule has 0 radical (unpaired) electrons. The van der Waals surface area contributed by atoms with Gasteiger partial charge < -0.3 is 5.32 Å². The second-order valence-electron chi connectivity index (χ2n) is 7.60. The molecule has 0 aromatic carbocycles. The highest BCUT2D eigenvalue weighted by Gasteiger charge is 2.50. The van der Waals surface area contributed by atoms with Gasteiger partial charge >= 0.3 is 21.7 Å². The number of halogens is 8. The third-order valence-corrected chi connectivity index (χ3v) is 6.59. The number of carbonyl (C=O) groups excluding carboxylic acids is 1. The van der Waals surface area contributed by atoms with Crippen molar-refractivity contribution in [2.45, 2.75) is 18.2 Å². The number of hydrogen-bond acceptors (Lipinski definition) is 7. The first kappa shape index (κ1) is 27.0. The maximum Gasteiger partial charge on any atom is 0.516 e. The van der Waals surface area contributed by atoms with Gasteiger partial charge in [0, 0.05) is 18.9 Å². The summed E-state index contributed by atoms with van der Waals surface area (Å²) in [6.07, 6.45) is -2.74. The molecule has 19 heteroatoms. The lowest BCUT2D eigenvalue weighted by Gasteiger charge is -2.29. The van der Waals surface area contributed by atoms with Gasteiger partial charge in [-0.2, -0.15) is 39.9 Å². The number of alkyl halides is 6. The summed E-state index contributed by atoms with van der Waals surface area (Å²) in [5, 5.41) is 6.39. The zero-order valence-electron chi connectivity index (χ0n) is 18.4. The lowest BCUT2D eigenvalue weighted by Crippen LogP contribution is -2.46. The Morgan fingerprint density at radius 2 is 1.79 bits per heavy atom. The normalized spacial score (nSPS) is 14.8. The van der Waals surface area contributed by atoms with E-state index < -0.39 is 81.7 Å². The molecule has 38 heavy (non-hydrogen) atoms. The zero-order chi connectivity index (χ0) is 28.0. The molecule has 0 saturated heterocycles. The van der Waals surface area contributed by atoms with Gasteiger partial charge in [0.25, 0.3) is 5.91 Å². The molecule has 1 N–H and O–H groups in total. The van der Waals surface area contributed by atoms with Crippen LogP contribution in [0.3, 0.4) is 0 Å². The number of rotatable bonds is 5. The maximum atomic E-state index is 14.6. The van der Waals surface area contributed by atoms with Crippen LogP contribution in [0, 0.1) is 11.6 Å². The quantitative estimate of drug-likeness (QED) is 0.472. The summed E-state index contributed by atoms with van der Waals surface area (Å²) in [7, 11) is -5.68. The first-order valence-electron chi connectivity index (χ1n) is 10.2. The van der Waals surface area contributed by atoms with Gasteiger partial charge in [-0.1, -0.05) is 0 Å². The Bertz CT molecular complexity index is 1540. The number of anilines is 1. The molecule has 4 rings (SSSR count). The van der Waals surface area contributed by atoms with Crippen molar-refractivity contribution in [3.63, 3.8) is 0 Å². The van der Waals surface area contributed by atoms with E-state index in [1.807, 2.05) is 0 Å². The van der Waals surface area contributed by atoms with Crippen molar-refractivity contribution in [1.29, 1.82) is 0 Å². The van der Waals surface area contributed by atoms with E-state index in [1.165, 1.54) is 0 Å². The first-order valence-corrected chi connectivity index (χ1v) is 11.6. The van der Waals surface area contributed by atoms with Gasteiger partial charge in [-0.05, 0) is 23.8 Å². The van der Waals surface area contributed by atoms with E-state index >= 15 is 0 Å². The van der Waals surface area contributed by atoms with E-state index in [0.29, 0.717) is 10.7 Å². The second kappa shape index (κ2) is 9.37. The molecule has 0 saturated carbocycles. The number of imidazole rings is 1. The molecule has 1 aliphatic rings. The number of pyridine rings is 2. The number of nitrogens with one attached hydrogen (secondary N) is 1. The summed E-state index contributed by atoms with van der Waals surface area (Å²) in [6, 6.07) is 2.76. The Kier molecular flexibility index (Phi) is 6.66. The fourth-order valence-corrected chi connectivity index (χ4v) is 4.13. The fraction of sp³-hybridized carbons (Fsp3) is 0.263. The predicted octanol–water partition coefficient (Wildman–Crippen LogP) is 2.87. The molecule has 0 spiro atoms. The second-order valence-corrected chi connectivity index (χ2v) is 9.49. The van der Waals surface area contributed by atoms with Crippen LogP contribution in [0.2, 0.25) is 0 Å². The van der Waals surface area contributed by atoms with Gasteiger partial charge in [0.05, 0.1) is 13.1 Å². The van der Waals surface area contributed by atoms with Crippen molar-refractivity contribution in [2.75, 3.05) is 18.1 Å². The predicted molar refractivity (Wildman–Crippen MR) is 113 cm³/mol. The molecule has 10 nitrogen and oxygen atoms in total. The van der Waals surface area contributed by atoms with Crippen LogP contribution in [0.1, 0.15) is 21.7 Å². The van der Waals surface area contributed by atoms with Gasteiger partial charge in [0.2, 0.25) is 0 Å². The number of hydrogen-bond donors (Lipinski definition) is 1. The van der Waals surface area contributed by atoms with E-state index in [2.05, 4.69) is 20.4 Å². The van der Waals surface area contributed by atoms with Gasteiger partial charge in [-0.3, -0.25) is 9.20 Å². The van der Waals surface area contributed by atoms with Crippen molar-refractivity contribution >= 4 is 33.7 Å². The topological polar surface area (TPSA) is 112 Å². The van der Waals surface area contributed by atoms with Gasteiger partial charge in [-0.25, -0.2) is 28.1 Å². The number of fused-ring (bicyclic) bond motifs is 1. The maximum absolute atomic E-state index is 14.6. The highest BCUT2D eigenvalue weighted by molar-refractivity contribution is 7.90. The molecule has 3 aromatic heterocycles. The number of aromatic nitrogens is 3. The molecule has 1 amide bonds. The molecule has 0 fully saturated rings. The molecule has 1 aliphatic heterocycles. The molecular weight excluding hydrogens is 558 g/mol. The van der Waals surface area contributed by atoms with Crippen LogP contribution in [0.25, 0.3) is 5.65 Å². The SMILES string of the molecule is O=C(NCc1cnc(N2CCN(S(=O)(=O)C(F)(F)F)C=N2)c(F)c1)c1c(C(F)(F)F)nc2c(F)cccn12. The molecule has 0 aliphatic carbocycles. The van der Waals surface area contributed by atoms with Crippen LogP contribution in [-0.4, -0.2) is 57.9 Å². The Labute approximate surface area is 207 Å². The van der Waals surface area contributed by atoms with Crippen LogP contribution < -0.4 is 10.3 Å². The summed E-state index contributed by atoms with van der Waals surface area (Å²) in [6.45, 7) is -1.73. The van der Waals surface area contributed by atoms with E-state index in [9.17, 15) is 48.3 Å². The minimum Gasteiger partial charge on any atom is -0.347 e. The highest BCUT2D eigenvalue weighted by atomic mass is 32.2. The van der Waals surface area contributed by atoms with Crippen molar-refractivity contribution in [3.05, 3.63) is 59.2 Å². The van der Waals surface area contributed by atoms with Gasteiger partial charge in [0.15, 0.2) is 28.8 Å².